The van der Waals surface area contributed by atoms with Crippen molar-refractivity contribution in [3.63, 3.8) is 0 Å². The highest BCUT2D eigenvalue weighted by atomic mass is 32.2. The molecule has 3 heterocycles. The number of hydrogen-bond donors (Lipinski definition) is 1. The average Bonchev–Trinajstić information content (AvgIpc) is 3.05. The lowest BCUT2D eigenvalue weighted by Gasteiger charge is -2.38. The summed E-state index contributed by atoms with van der Waals surface area (Å²) in [6, 6.07) is 9.01. The number of nitrogens with one attached hydrogen (secondary N) is 1. The van der Waals surface area contributed by atoms with Crippen LogP contribution in [0, 0.1) is 6.92 Å². The Morgan fingerprint density at radius 2 is 1.93 bits per heavy atom. The van der Waals surface area contributed by atoms with E-state index in [2.05, 4.69) is 15.3 Å². The number of piperidine rings is 1. The summed E-state index contributed by atoms with van der Waals surface area (Å²) in [7, 11) is -3.45. The highest BCUT2D eigenvalue weighted by molar-refractivity contribution is 7.89. The molecule has 1 spiro atoms. The Kier molecular flexibility index (Phi) is 4.88. The van der Waals surface area contributed by atoms with Crippen molar-refractivity contribution in [2.75, 3.05) is 25.0 Å². The quantitative estimate of drug-likeness (QED) is 0.864. The lowest BCUT2D eigenvalue weighted by atomic mass is 9.88. The number of anilines is 1. The Balaban J connectivity index is 1.39. The molecule has 2 aliphatic rings. The van der Waals surface area contributed by atoms with Gasteiger partial charge in [-0.2, -0.15) is 4.31 Å². The minimum absolute atomic E-state index is 0.146. The van der Waals surface area contributed by atoms with Crippen LogP contribution in [0.15, 0.2) is 47.6 Å². The molecule has 27 heavy (non-hydrogen) atoms. The molecule has 0 saturated carbocycles. The van der Waals surface area contributed by atoms with Gasteiger partial charge in [0.1, 0.15) is 0 Å². The maximum atomic E-state index is 12.9. The molecule has 1 atom stereocenters. The monoisotopic (exact) mass is 388 g/mol. The SMILES string of the molecule is Cc1cccc(S(=O)(=O)N2CCC3(CC2)C[C@@H](Nc2ncccn2)CO3)c1. The fraction of sp³-hybridized carbons (Fsp3) is 0.474. The zero-order valence-electron chi connectivity index (χ0n) is 15.3. The smallest absolute Gasteiger partial charge is 0.243 e. The predicted molar refractivity (Wildman–Crippen MR) is 102 cm³/mol. The fourth-order valence-corrected chi connectivity index (χ4v) is 5.45. The van der Waals surface area contributed by atoms with E-state index < -0.39 is 10.0 Å². The second-order valence-corrected chi connectivity index (χ2v) is 9.27. The summed E-state index contributed by atoms with van der Waals surface area (Å²) in [4.78, 5) is 8.76. The molecule has 0 bridgehead atoms. The van der Waals surface area contributed by atoms with E-state index >= 15 is 0 Å². The van der Waals surface area contributed by atoms with Gasteiger partial charge in [0.25, 0.3) is 0 Å². The van der Waals surface area contributed by atoms with E-state index in [-0.39, 0.29) is 11.6 Å². The summed E-state index contributed by atoms with van der Waals surface area (Å²) in [6.07, 6.45) is 5.65. The summed E-state index contributed by atoms with van der Waals surface area (Å²) >= 11 is 0. The molecule has 2 saturated heterocycles. The van der Waals surface area contributed by atoms with Crippen LogP contribution in [0.5, 0.6) is 0 Å². The van der Waals surface area contributed by atoms with Gasteiger partial charge in [0, 0.05) is 25.5 Å². The molecule has 2 aliphatic heterocycles. The maximum absolute atomic E-state index is 12.9. The van der Waals surface area contributed by atoms with Crippen molar-refractivity contribution in [1.82, 2.24) is 14.3 Å². The molecular weight excluding hydrogens is 364 g/mol. The zero-order valence-corrected chi connectivity index (χ0v) is 16.2. The molecule has 0 radical (unpaired) electrons. The molecule has 1 aromatic carbocycles. The van der Waals surface area contributed by atoms with E-state index in [9.17, 15) is 8.42 Å². The normalized spacial score (nSPS) is 22.8. The number of aryl methyl sites for hydroxylation is 1. The van der Waals surface area contributed by atoms with Crippen LogP contribution in [0.4, 0.5) is 5.95 Å². The van der Waals surface area contributed by atoms with Crippen LogP contribution in [-0.4, -0.2) is 54.0 Å². The Morgan fingerprint density at radius 1 is 1.19 bits per heavy atom. The number of hydrogen-bond acceptors (Lipinski definition) is 6. The van der Waals surface area contributed by atoms with Gasteiger partial charge in [0.05, 0.1) is 23.1 Å². The second-order valence-electron chi connectivity index (χ2n) is 7.33. The summed E-state index contributed by atoms with van der Waals surface area (Å²) in [5.41, 5.74) is 0.686. The van der Waals surface area contributed by atoms with Crippen molar-refractivity contribution in [3.8, 4) is 0 Å². The number of ether oxygens (including phenoxy) is 1. The summed E-state index contributed by atoms with van der Waals surface area (Å²) in [6.45, 7) is 3.44. The minimum atomic E-state index is -3.45. The first-order valence-electron chi connectivity index (χ1n) is 9.21. The maximum Gasteiger partial charge on any atom is 0.243 e. The summed E-state index contributed by atoms with van der Waals surface area (Å²) < 4.78 is 33.5. The van der Waals surface area contributed by atoms with Gasteiger partial charge in [-0.1, -0.05) is 12.1 Å². The molecule has 2 aromatic rings. The fourth-order valence-electron chi connectivity index (χ4n) is 3.90. The number of aromatic nitrogens is 2. The molecule has 0 unspecified atom stereocenters. The summed E-state index contributed by atoms with van der Waals surface area (Å²) in [5, 5.41) is 3.31. The minimum Gasteiger partial charge on any atom is -0.373 e. The third-order valence-electron chi connectivity index (χ3n) is 5.37. The first-order valence-corrected chi connectivity index (χ1v) is 10.7. The van der Waals surface area contributed by atoms with Crippen LogP contribution in [0.1, 0.15) is 24.8 Å². The highest BCUT2D eigenvalue weighted by Gasteiger charge is 2.44. The van der Waals surface area contributed by atoms with E-state index in [1.165, 1.54) is 0 Å². The van der Waals surface area contributed by atoms with E-state index in [1.807, 2.05) is 13.0 Å². The van der Waals surface area contributed by atoms with Crippen LogP contribution in [0.2, 0.25) is 0 Å². The first kappa shape index (κ1) is 18.3. The van der Waals surface area contributed by atoms with Crippen molar-refractivity contribution in [1.29, 1.82) is 0 Å². The number of nitrogens with zero attached hydrogens (tertiary/aromatic N) is 3. The lowest BCUT2D eigenvalue weighted by molar-refractivity contribution is -0.0310. The zero-order chi connectivity index (χ0) is 18.9. The second kappa shape index (κ2) is 7.18. The molecule has 8 heteroatoms. The molecule has 2 fully saturated rings. The van der Waals surface area contributed by atoms with E-state index in [0.29, 0.717) is 43.4 Å². The van der Waals surface area contributed by atoms with Crippen molar-refractivity contribution >= 4 is 16.0 Å². The van der Waals surface area contributed by atoms with Gasteiger partial charge < -0.3 is 10.1 Å². The van der Waals surface area contributed by atoms with Gasteiger partial charge in [-0.15, -0.1) is 0 Å². The summed E-state index contributed by atoms with van der Waals surface area (Å²) in [5.74, 6) is 0.600. The Hall–Kier alpha value is -2.03. The van der Waals surface area contributed by atoms with Crippen molar-refractivity contribution in [2.24, 2.45) is 0 Å². The predicted octanol–water partition coefficient (Wildman–Crippen LogP) is 2.21. The van der Waals surface area contributed by atoms with Crippen LogP contribution < -0.4 is 5.32 Å². The number of rotatable bonds is 4. The molecule has 7 nitrogen and oxygen atoms in total. The van der Waals surface area contributed by atoms with Crippen molar-refractivity contribution < 1.29 is 13.2 Å². The molecule has 144 valence electrons. The van der Waals surface area contributed by atoms with Gasteiger partial charge in [-0.3, -0.25) is 0 Å². The Morgan fingerprint density at radius 3 is 2.63 bits per heavy atom. The van der Waals surface area contributed by atoms with Gasteiger partial charge in [0.15, 0.2) is 0 Å². The molecule has 0 amide bonds. The van der Waals surface area contributed by atoms with E-state index in [1.54, 1.807) is 41.0 Å². The Labute approximate surface area is 159 Å². The van der Waals surface area contributed by atoms with Crippen molar-refractivity contribution in [3.05, 3.63) is 48.3 Å². The standard InChI is InChI=1S/C19H24N4O3S/c1-15-4-2-5-17(12-15)27(24,25)23-10-6-19(7-11-23)13-16(14-26-19)22-18-20-8-3-9-21-18/h2-5,8-9,12,16H,6-7,10-11,13-14H2,1H3,(H,20,21,22)/t16-/m1/s1. The molecule has 1 aromatic heterocycles. The van der Waals surface area contributed by atoms with Crippen LogP contribution in [0.3, 0.4) is 0 Å². The molecule has 0 aliphatic carbocycles. The van der Waals surface area contributed by atoms with Gasteiger partial charge in [0.2, 0.25) is 16.0 Å². The van der Waals surface area contributed by atoms with Crippen LogP contribution in [-0.2, 0) is 14.8 Å². The molecule has 4 rings (SSSR count). The number of sulfonamides is 1. The largest absolute Gasteiger partial charge is 0.373 e. The highest BCUT2D eigenvalue weighted by Crippen LogP contribution is 2.38. The molecular formula is C19H24N4O3S. The lowest BCUT2D eigenvalue weighted by Crippen LogP contribution is -2.46. The topological polar surface area (TPSA) is 84.4 Å². The van der Waals surface area contributed by atoms with Crippen LogP contribution in [0.25, 0.3) is 0 Å². The van der Waals surface area contributed by atoms with Gasteiger partial charge in [-0.25, -0.2) is 18.4 Å². The van der Waals surface area contributed by atoms with E-state index in [0.717, 1.165) is 12.0 Å². The van der Waals surface area contributed by atoms with Gasteiger partial charge >= 0.3 is 0 Å². The first-order chi connectivity index (χ1) is 13.0. The Bertz CT molecular complexity index is 896. The van der Waals surface area contributed by atoms with Crippen LogP contribution >= 0.6 is 0 Å². The van der Waals surface area contributed by atoms with Crippen molar-refractivity contribution in [2.45, 2.75) is 42.7 Å². The van der Waals surface area contributed by atoms with Gasteiger partial charge in [-0.05, 0) is 49.9 Å². The number of benzene rings is 1. The third kappa shape index (κ3) is 3.83. The molecule has 1 N–H and O–H groups in total. The van der Waals surface area contributed by atoms with E-state index in [4.69, 9.17) is 4.74 Å². The average molecular weight is 388 g/mol. The third-order valence-corrected chi connectivity index (χ3v) is 7.26.